The maximum atomic E-state index is 10.00. The first-order chi connectivity index (χ1) is 5.02. The zero-order valence-corrected chi connectivity index (χ0v) is 5.94. The third-order valence-corrected chi connectivity index (χ3v) is 0.840. The van der Waals surface area contributed by atoms with Crippen molar-refractivity contribution in [1.29, 1.82) is 0 Å². The Morgan fingerprint density at radius 3 is 2.00 bits per heavy atom. The topological polar surface area (TPSA) is 74.6 Å². The highest BCUT2D eigenvalue weighted by atomic mass is 16.4. The Hall–Kier alpha value is -1.58. The van der Waals surface area contributed by atoms with Gasteiger partial charge in [-0.05, 0) is 12.5 Å². The Kier molecular flexibility index (Phi) is 3.66. The van der Waals surface area contributed by atoms with E-state index in [1.165, 1.54) is 13.0 Å². The summed E-state index contributed by atoms with van der Waals surface area (Å²) >= 11 is 0. The van der Waals surface area contributed by atoms with Crippen LogP contribution in [0.1, 0.15) is 6.92 Å². The van der Waals surface area contributed by atoms with Crippen molar-refractivity contribution in [1.82, 2.24) is 0 Å². The van der Waals surface area contributed by atoms with Crippen molar-refractivity contribution >= 4 is 11.9 Å². The van der Waals surface area contributed by atoms with Gasteiger partial charge in [0.05, 0.1) is 0 Å². The maximum absolute atomic E-state index is 10.00. The molecule has 0 spiro atoms. The maximum Gasteiger partial charge on any atom is 0.328 e. The van der Waals surface area contributed by atoms with E-state index in [4.69, 9.17) is 10.2 Å². The standard InChI is InChI=1S/C7H8O4/c1-5(4-7(10)11)2-3-6(8)9/h2-4H,1H3,(H,8,9)(H,10,11)/b3-2?,5-4-. The van der Waals surface area contributed by atoms with E-state index in [1.807, 2.05) is 0 Å². The number of allylic oxidation sites excluding steroid dienone is 2. The smallest absolute Gasteiger partial charge is 0.328 e. The molecule has 0 aromatic rings. The second kappa shape index (κ2) is 4.27. The summed E-state index contributed by atoms with van der Waals surface area (Å²) in [6.07, 6.45) is 3.03. The Morgan fingerprint density at radius 2 is 1.64 bits per heavy atom. The minimum atomic E-state index is -1.09. The van der Waals surface area contributed by atoms with Crippen molar-refractivity contribution in [3.8, 4) is 0 Å². The molecule has 0 unspecified atom stereocenters. The van der Waals surface area contributed by atoms with Crippen LogP contribution in [-0.2, 0) is 9.59 Å². The highest BCUT2D eigenvalue weighted by Gasteiger charge is 1.90. The van der Waals surface area contributed by atoms with E-state index in [-0.39, 0.29) is 0 Å². The van der Waals surface area contributed by atoms with Gasteiger partial charge < -0.3 is 10.2 Å². The molecule has 0 heterocycles. The minimum absolute atomic E-state index is 0.389. The van der Waals surface area contributed by atoms with Crippen molar-refractivity contribution < 1.29 is 19.8 Å². The van der Waals surface area contributed by atoms with Crippen molar-refractivity contribution in [3.05, 3.63) is 23.8 Å². The summed E-state index contributed by atoms with van der Waals surface area (Å²) < 4.78 is 0. The van der Waals surface area contributed by atoms with E-state index in [9.17, 15) is 9.59 Å². The van der Waals surface area contributed by atoms with Crippen LogP contribution in [0, 0.1) is 0 Å². The molecule has 0 aromatic heterocycles. The first kappa shape index (κ1) is 9.42. The van der Waals surface area contributed by atoms with Crippen molar-refractivity contribution in [2.24, 2.45) is 0 Å². The third-order valence-electron chi connectivity index (χ3n) is 0.840. The zero-order valence-electron chi connectivity index (χ0n) is 5.94. The Bertz CT molecular complexity index is 225. The molecule has 0 saturated carbocycles. The molecule has 0 rings (SSSR count). The van der Waals surface area contributed by atoms with Gasteiger partial charge in [-0.3, -0.25) is 0 Å². The molecule has 0 saturated heterocycles. The van der Waals surface area contributed by atoms with E-state index in [2.05, 4.69) is 0 Å². The molecule has 0 bridgehead atoms. The van der Waals surface area contributed by atoms with E-state index < -0.39 is 11.9 Å². The fraction of sp³-hybridized carbons (Fsp3) is 0.143. The van der Waals surface area contributed by atoms with Crippen LogP contribution >= 0.6 is 0 Å². The summed E-state index contributed by atoms with van der Waals surface area (Å²) in [5.74, 6) is -2.18. The predicted octanol–water partition coefficient (Wildman–Crippen LogP) is 0.658. The predicted molar refractivity (Wildman–Crippen MR) is 38.2 cm³/mol. The van der Waals surface area contributed by atoms with Crippen LogP contribution in [0.25, 0.3) is 0 Å². The molecule has 0 aliphatic carbocycles. The highest BCUT2D eigenvalue weighted by Crippen LogP contribution is 1.93. The van der Waals surface area contributed by atoms with Gasteiger partial charge in [-0.1, -0.05) is 6.08 Å². The molecule has 0 atom stereocenters. The lowest BCUT2D eigenvalue weighted by Crippen LogP contribution is -1.90. The van der Waals surface area contributed by atoms with Crippen molar-refractivity contribution in [2.45, 2.75) is 6.92 Å². The second-order valence-corrected chi connectivity index (χ2v) is 1.90. The van der Waals surface area contributed by atoms with Gasteiger partial charge in [0.2, 0.25) is 0 Å². The molecule has 0 aliphatic heterocycles. The largest absolute Gasteiger partial charge is 0.478 e. The van der Waals surface area contributed by atoms with Crippen molar-refractivity contribution in [3.63, 3.8) is 0 Å². The lowest BCUT2D eigenvalue weighted by atomic mass is 10.2. The molecule has 0 aliphatic rings. The van der Waals surface area contributed by atoms with Crippen LogP contribution in [0.2, 0.25) is 0 Å². The fourth-order valence-electron chi connectivity index (χ4n) is 0.446. The van der Waals surface area contributed by atoms with Crippen LogP contribution in [0.15, 0.2) is 23.8 Å². The van der Waals surface area contributed by atoms with E-state index in [0.29, 0.717) is 5.57 Å². The minimum Gasteiger partial charge on any atom is -0.478 e. The van der Waals surface area contributed by atoms with Crippen LogP contribution in [-0.4, -0.2) is 22.2 Å². The Morgan fingerprint density at radius 1 is 1.09 bits per heavy atom. The van der Waals surface area contributed by atoms with Crippen LogP contribution in [0.5, 0.6) is 0 Å². The number of carbonyl (C=O) groups is 2. The number of hydrogen-bond donors (Lipinski definition) is 2. The lowest BCUT2D eigenvalue weighted by Gasteiger charge is -1.85. The van der Waals surface area contributed by atoms with Gasteiger partial charge in [-0.15, -0.1) is 0 Å². The molecule has 0 radical (unpaired) electrons. The summed E-state index contributed by atoms with van der Waals surface area (Å²) in [7, 11) is 0. The first-order valence-corrected chi connectivity index (χ1v) is 2.84. The first-order valence-electron chi connectivity index (χ1n) is 2.84. The summed E-state index contributed by atoms with van der Waals surface area (Å²) in [6, 6.07) is 0. The monoisotopic (exact) mass is 156 g/mol. The molecule has 4 heteroatoms. The van der Waals surface area contributed by atoms with Gasteiger partial charge in [0.25, 0.3) is 0 Å². The van der Waals surface area contributed by atoms with E-state index in [0.717, 1.165) is 12.2 Å². The zero-order chi connectivity index (χ0) is 8.85. The number of carboxylic acids is 2. The molecular weight excluding hydrogens is 148 g/mol. The van der Waals surface area contributed by atoms with Gasteiger partial charge in [0.1, 0.15) is 0 Å². The van der Waals surface area contributed by atoms with E-state index >= 15 is 0 Å². The van der Waals surface area contributed by atoms with Gasteiger partial charge in [0, 0.05) is 12.2 Å². The van der Waals surface area contributed by atoms with Crippen LogP contribution < -0.4 is 0 Å². The summed E-state index contributed by atoms with van der Waals surface area (Å²) in [4.78, 5) is 19.9. The number of carboxylic acid groups (broad SMARTS) is 2. The average molecular weight is 156 g/mol. The Labute approximate surface area is 63.5 Å². The molecule has 2 N–H and O–H groups in total. The number of rotatable bonds is 3. The molecule has 4 nitrogen and oxygen atoms in total. The quantitative estimate of drug-likeness (QED) is 0.465. The van der Waals surface area contributed by atoms with E-state index in [1.54, 1.807) is 0 Å². The van der Waals surface area contributed by atoms with Crippen molar-refractivity contribution in [2.75, 3.05) is 0 Å². The third kappa shape index (κ3) is 6.30. The molecule has 0 amide bonds. The average Bonchev–Trinajstić information content (AvgIpc) is 1.82. The van der Waals surface area contributed by atoms with Gasteiger partial charge >= 0.3 is 11.9 Å². The number of hydrogen-bond acceptors (Lipinski definition) is 2. The van der Waals surface area contributed by atoms with Crippen LogP contribution in [0.4, 0.5) is 0 Å². The van der Waals surface area contributed by atoms with Gasteiger partial charge in [0.15, 0.2) is 0 Å². The van der Waals surface area contributed by atoms with Gasteiger partial charge in [-0.2, -0.15) is 0 Å². The van der Waals surface area contributed by atoms with Gasteiger partial charge in [-0.25, -0.2) is 9.59 Å². The normalized spacial score (nSPS) is 11.9. The number of aliphatic carboxylic acids is 2. The second-order valence-electron chi connectivity index (χ2n) is 1.90. The highest BCUT2D eigenvalue weighted by molar-refractivity contribution is 5.83. The molecule has 0 aromatic carbocycles. The molecular formula is C7H8O4. The summed E-state index contributed by atoms with van der Waals surface area (Å²) in [5, 5.41) is 16.3. The summed E-state index contributed by atoms with van der Waals surface area (Å²) in [6.45, 7) is 1.51. The fourth-order valence-corrected chi connectivity index (χ4v) is 0.446. The summed E-state index contributed by atoms with van der Waals surface area (Å²) in [5.41, 5.74) is 0.389. The Balaban J connectivity index is 4.17. The molecule has 0 fully saturated rings. The molecule has 11 heavy (non-hydrogen) atoms. The SMILES string of the molecule is C/C(C=CC(=O)O)=C/C(=O)O. The molecule has 60 valence electrons. The van der Waals surface area contributed by atoms with Crippen LogP contribution in [0.3, 0.4) is 0 Å². The lowest BCUT2D eigenvalue weighted by molar-refractivity contribution is -0.132.